The lowest BCUT2D eigenvalue weighted by Gasteiger charge is -2.04. The molecule has 0 radical (unpaired) electrons. The van der Waals surface area contributed by atoms with Crippen LogP contribution in [0.15, 0.2) is 0 Å². The topological polar surface area (TPSA) is 114 Å². The van der Waals surface area contributed by atoms with Crippen LogP contribution in [-0.4, -0.2) is 43.9 Å². The van der Waals surface area contributed by atoms with Gasteiger partial charge < -0.3 is 16.4 Å². The van der Waals surface area contributed by atoms with Gasteiger partial charge >= 0.3 is 0 Å². The van der Waals surface area contributed by atoms with Crippen molar-refractivity contribution in [3.63, 3.8) is 0 Å². The van der Waals surface area contributed by atoms with E-state index >= 15 is 0 Å². The molecular formula is C12H22N4O3S2. The van der Waals surface area contributed by atoms with Gasteiger partial charge in [-0.2, -0.15) is 0 Å². The van der Waals surface area contributed by atoms with E-state index < -0.39 is 15.7 Å². The van der Waals surface area contributed by atoms with Gasteiger partial charge in [-0.15, -0.1) is 0 Å². The fraction of sp³-hybridized carbons (Fsp3) is 0.667. The second kappa shape index (κ2) is 7.60. The predicted molar refractivity (Wildman–Crippen MR) is 86.5 cm³/mol. The fourth-order valence-electron chi connectivity index (χ4n) is 1.41. The molecular weight excluding hydrogens is 312 g/mol. The fourth-order valence-corrected chi connectivity index (χ4v) is 2.92. The second-order valence-electron chi connectivity index (χ2n) is 5.00. The van der Waals surface area contributed by atoms with Gasteiger partial charge in [0.25, 0.3) is 5.91 Å². The molecule has 0 atom stereocenters. The molecule has 0 aliphatic heterocycles. The molecule has 0 aromatic carbocycles. The maximum absolute atomic E-state index is 11.9. The van der Waals surface area contributed by atoms with Crippen LogP contribution in [0.4, 0.5) is 10.9 Å². The van der Waals surface area contributed by atoms with Crippen LogP contribution in [0.1, 0.15) is 30.4 Å². The molecule has 4 N–H and O–H groups in total. The molecule has 7 nitrogen and oxygen atoms in total. The molecule has 9 heteroatoms. The number of thiazole rings is 1. The van der Waals surface area contributed by atoms with Crippen LogP contribution < -0.4 is 16.4 Å². The Morgan fingerprint density at radius 1 is 1.43 bits per heavy atom. The molecule has 0 saturated heterocycles. The molecule has 1 aromatic rings. The minimum Gasteiger partial charge on any atom is -0.382 e. The molecule has 1 aromatic heterocycles. The summed E-state index contributed by atoms with van der Waals surface area (Å²) in [5.41, 5.74) is 5.71. The maximum Gasteiger partial charge on any atom is 0.265 e. The Bertz CT molecular complexity index is 581. The summed E-state index contributed by atoms with van der Waals surface area (Å²) in [5.74, 6) is 0.198. The largest absolute Gasteiger partial charge is 0.382 e. The maximum atomic E-state index is 11.9. The molecule has 0 saturated carbocycles. The highest BCUT2D eigenvalue weighted by Crippen LogP contribution is 2.24. The second-order valence-corrected chi connectivity index (χ2v) is 8.47. The minimum absolute atomic E-state index is 0.0643. The van der Waals surface area contributed by atoms with Gasteiger partial charge in [0.05, 0.1) is 5.75 Å². The van der Waals surface area contributed by atoms with Gasteiger partial charge in [0.2, 0.25) is 0 Å². The zero-order valence-electron chi connectivity index (χ0n) is 12.5. The van der Waals surface area contributed by atoms with Gasteiger partial charge in [-0.25, -0.2) is 13.4 Å². The number of carbonyl (C=O) groups excluding carboxylic acids is 1. The number of nitrogens with one attached hydrogen (secondary N) is 2. The molecule has 0 unspecified atom stereocenters. The summed E-state index contributed by atoms with van der Waals surface area (Å²) >= 11 is 1.16. The van der Waals surface area contributed by atoms with Crippen molar-refractivity contribution < 1.29 is 13.2 Å². The lowest BCUT2D eigenvalue weighted by atomic mass is 10.2. The van der Waals surface area contributed by atoms with Crippen molar-refractivity contribution in [2.24, 2.45) is 5.92 Å². The highest BCUT2D eigenvalue weighted by Gasteiger charge is 2.17. The third-order valence-electron chi connectivity index (χ3n) is 2.66. The third-order valence-corrected chi connectivity index (χ3v) is 5.39. The highest BCUT2D eigenvalue weighted by molar-refractivity contribution is 7.91. The van der Waals surface area contributed by atoms with Crippen LogP contribution in [0.5, 0.6) is 0 Å². The Balaban J connectivity index is 2.58. The first-order valence-corrected chi connectivity index (χ1v) is 9.37. The number of hydrogen-bond donors (Lipinski definition) is 3. The third kappa shape index (κ3) is 5.88. The van der Waals surface area contributed by atoms with E-state index in [1.54, 1.807) is 6.92 Å². The molecule has 1 heterocycles. The van der Waals surface area contributed by atoms with Crippen molar-refractivity contribution in [2.75, 3.05) is 35.6 Å². The van der Waals surface area contributed by atoms with Gasteiger partial charge in [-0.3, -0.25) is 4.79 Å². The first-order valence-electron chi connectivity index (χ1n) is 6.74. The molecule has 21 heavy (non-hydrogen) atoms. The van der Waals surface area contributed by atoms with Crippen molar-refractivity contribution >= 4 is 38.0 Å². The van der Waals surface area contributed by atoms with E-state index in [1.807, 2.05) is 0 Å². The average molecular weight is 334 g/mol. The van der Waals surface area contributed by atoms with Crippen LogP contribution in [0.25, 0.3) is 0 Å². The van der Waals surface area contributed by atoms with E-state index in [0.29, 0.717) is 15.9 Å². The summed E-state index contributed by atoms with van der Waals surface area (Å²) in [6, 6.07) is 0. The van der Waals surface area contributed by atoms with Crippen molar-refractivity contribution in [2.45, 2.75) is 20.8 Å². The molecule has 0 spiro atoms. The number of rotatable bonds is 8. The first-order chi connectivity index (χ1) is 9.75. The molecule has 1 amide bonds. The standard InChI is InChI=1S/C12H22N4O3S2/c1-4-21(18,19)6-5-14-11(17)9-10(13)16-12(20-9)15-7-8(2)3/h8H,4-7,13H2,1-3H3,(H,14,17)(H,15,16). The van der Waals surface area contributed by atoms with E-state index in [4.69, 9.17) is 5.73 Å². The van der Waals surface area contributed by atoms with Gasteiger partial charge in [0.1, 0.15) is 10.7 Å². The van der Waals surface area contributed by atoms with Gasteiger partial charge in [0.15, 0.2) is 15.0 Å². The van der Waals surface area contributed by atoms with Crippen molar-refractivity contribution in [3.8, 4) is 0 Å². The van der Waals surface area contributed by atoms with Gasteiger partial charge in [-0.1, -0.05) is 32.1 Å². The number of anilines is 2. The Morgan fingerprint density at radius 2 is 2.10 bits per heavy atom. The molecule has 0 fully saturated rings. The highest BCUT2D eigenvalue weighted by atomic mass is 32.2. The van der Waals surface area contributed by atoms with Crippen LogP contribution in [0, 0.1) is 5.92 Å². The van der Waals surface area contributed by atoms with Crippen LogP contribution >= 0.6 is 11.3 Å². The zero-order valence-corrected chi connectivity index (χ0v) is 14.1. The molecule has 120 valence electrons. The normalized spacial score (nSPS) is 11.6. The van der Waals surface area contributed by atoms with Gasteiger partial charge in [0, 0.05) is 18.8 Å². The monoisotopic (exact) mass is 334 g/mol. The van der Waals surface area contributed by atoms with E-state index in [9.17, 15) is 13.2 Å². The van der Waals surface area contributed by atoms with Crippen molar-refractivity contribution in [1.29, 1.82) is 0 Å². The molecule has 1 rings (SSSR count). The molecule has 0 aliphatic rings. The summed E-state index contributed by atoms with van der Waals surface area (Å²) in [5, 5.41) is 6.24. The van der Waals surface area contributed by atoms with E-state index in [2.05, 4.69) is 29.5 Å². The number of nitrogens with zero attached hydrogens (tertiary/aromatic N) is 1. The van der Waals surface area contributed by atoms with Crippen LogP contribution in [0.2, 0.25) is 0 Å². The number of hydrogen-bond acceptors (Lipinski definition) is 7. The van der Waals surface area contributed by atoms with Crippen molar-refractivity contribution in [1.82, 2.24) is 10.3 Å². The Morgan fingerprint density at radius 3 is 2.67 bits per heavy atom. The Hall–Kier alpha value is -1.35. The lowest BCUT2D eigenvalue weighted by Crippen LogP contribution is -2.29. The SMILES string of the molecule is CCS(=O)(=O)CCNC(=O)c1sc(NCC(C)C)nc1N. The number of sulfone groups is 1. The van der Waals surface area contributed by atoms with Gasteiger partial charge in [-0.05, 0) is 5.92 Å². The van der Waals surface area contributed by atoms with E-state index in [1.165, 1.54) is 0 Å². The summed E-state index contributed by atoms with van der Waals surface area (Å²) in [6.45, 7) is 6.51. The number of nitrogens with two attached hydrogens (primary N) is 1. The summed E-state index contributed by atoms with van der Waals surface area (Å²) in [6.07, 6.45) is 0. The zero-order chi connectivity index (χ0) is 16.0. The van der Waals surface area contributed by atoms with Crippen molar-refractivity contribution in [3.05, 3.63) is 4.88 Å². The quantitative estimate of drug-likeness (QED) is 0.652. The summed E-state index contributed by atoms with van der Waals surface area (Å²) in [7, 11) is -3.09. The number of nitrogen functional groups attached to an aromatic ring is 1. The Kier molecular flexibility index (Phi) is 6.41. The smallest absolute Gasteiger partial charge is 0.265 e. The molecule has 0 aliphatic carbocycles. The average Bonchev–Trinajstić information content (AvgIpc) is 2.77. The predicted octanol–water partition coefficient (Wildman–Crippen LogP) is 0.958. The number of carbonyl (C=O) groups is 1. The number of aromatic nitrogens is 1. The summed E-state index contributed by atoms with van der Waals surface area (Å²) in [4.78, 5) is 16.3. The first kappa shape index (κ1) is 17.7. The Labute approximate surface area is 129 Å². The minimum atomic E-state index is -3.09. The van der Waals surface area contributed by atoms with E-state index in [0.717, 1.165) is 17.9 Å². The van der Waals surface area contributed by atoms with Crippen LogP contribution in [0.3, 0.4) is 0 Å². The van der Waals surface area contributed by atoms with E-state index in [-0.39, 0.29) is 23.9 Å². The summed E-state index contributed by atoms with van der Waals surface area (Å²) < 4.78 is 22.7. The van der Waals surface area contributed by atoms with Crippen LogP contribution in [-0.2, 0) is 9.84 Å². The lowest BCUT2D eigenvalue weighted by molar-refractivity contribution is 0.0961. The number of amides is 1. The molecule has 0 bridgehead atoms.